The summed E-state index contributed by atoms with van der Waals surface area (Å²) in [6.45, 7) is 1.10. The zero-order valence-electron chi connectivity index (χ0n) is 11.3. The van der Waals surface area contributed by atoms with Crippen LogP contribution in [-0.2, 0) is 11.0 Å². The molecule has 2 heterocycles. The molecule has 1 N–H and O–H groups in total. The molecule has 1 atom stereocenters. The first-order chi connectivity index (χ1) is 9.93. The molecular formula is C13H16F3N3OS. The van der Waals surface area contributed by atoms with Gasteiger partial charge in [-0.15, -0.1) is 11.3 Å². The Hall–Kier alpha value is -1.31. The first kappa shape index (κ1) is 14.6. The number of nitrogens with zero attached hydrogens (tertiary/aromatic N) is 2. The molecule has 8 heteroatoms. The Labute approximate surface area is 124 Å². The first-order valence-corrected chi connectivity index (χ1v) is 7.89. The van der Waals surface area contributed by atoms with E-state index < -0.39 is 11.9 Å². The van der Waals surface area contributed by atoms with E-state index >= 15 is 0 Å². The number of carbonyl (C=O) groups is 1. The summed E-state index contributed by atoms with van der Waals surface area (Å²) in [4.78, 5) is 17.5. The van der Waals surface area contributed by atoms with E-state index in [1.165, 1.54) is 0 Å². The lowest BCUT2D eigenvalue weighted by molar-refractivity contribution is -0.140. The third-order valence-electron chi connectivity index (χ3n) is 3.77. The lowest BCUT2D eigenvalue weighted by Gasteiger charge is -2.31. The van der Waals surface area contributed by atoms with Crippen molar-refractivity contribution < 1.29 is 18.0 Å². The van der Waals surface area contributed by atoms with Gasteiger partial charge in [0.15, 0.2) is 10.8 Å². The van der Waals surface area contributed by atoms with E-state index in [1.54, 1.807) is 4.90 Å². The maximum absolute atomic E-state index is 12.6. The molecule has 1 aromatic heterocycles. The van der Waals surface area contributed by atoms with Crippen LogP contribution in [-0.4, -0.2) is 30.0 Å². The van der Waals surface area contributed by atoms with Crippen LogP contribution >= 0.6 is 11.3 Å². The maximum Gasteiger partial charge on any atom is 0.434 e. The monoisotopic (exact) mass is 319 g/mol. The summed E-state index contributed by atoms with van der Waals surface area (Å²) in [5, 5.41) is 4.35. The number of halogens is 3. The van der Waals surface area contributed by atoms with Crippen LogP contribution < -0.4 is 10.2 Å². The summed E-state index contributed by atoms with van der Waals surface area (Å²) in [6, 6.07) is 0.310. The molecule has 1 unspecified atom stereocenters. The fourth-order valence-corrected chi connectivity index (χ4v) is 3.32. The fourth-order valence-electron chi connectivity index (χ4n) is 2.45. The van der Waals surface area contributed by atoms with E-state index in [-0.39, 0.29) is 11.8 Å². The van der Waals surface area contributed by atoms with Gasteiger partial charge in [-0.1, -0.05) is 0 Å². The van der Waals surface area contributed by atoms with Gasteiger partial charge in [-0.05, 0) is 25.7 Å². The molecule has 3 rings (SSSR count). The van der Waals surface area contributed by atoms with Crippen LogP contribution in [0.25, 0.3) is 0 Å². The number of amides is 1. The van der Waals surface area contributed by atoms with Crippen molar-refractivity contribution in [2.75, 3.05) is 18.0 Å². The lowest BCUT2D eigenvalue weighted by atomic mass is 9.97. The number of carbonyl (C=O) groups excluding carboxylic acids is 1. The number of piperidine rings is 1. The standard InChI is InChI=1S/C13H16F3N3OS/c14-13(15,16)10-7-21-12(18-10)19-5-1-2-8(6-19)11(20)17-9-3-4-9/h7-9H,1-6H2,(H,17,20). The predicted molar refractivity (Wildman–Crippen MR) is 73.2 cm³/mol. The van der Waals surface area contributed by atoms with E-state index in [1.807, 2.05) is 0 Å². The van der Waals surface area contributed by atoms with E-state index in [0.717, 1.165) is 42.4 Å². The topological polar surface area (TPSA) is 45.2 Å². The zero-order chi connectivity index (χ0) is 15.0. The van der Waals surface area contributed by atoms with Crippen molar-refractivity contribution in [2.24, 2.45) is 5.92 Å². The van der Waals surface area contributed by atoms with Crippen LogP contribution in [0.5, 0.6) is 0 Å². The zero-order valence-corrected chi connectivity index (χ0v) is 12.1. The summed E-state index contributed by atoms with van der Waals surface area (Å²) in [7, 11) is 0. The molecule has 1 aliphatic heterocycles. The van der Waals surface area contributed by atoms with Gasteiger partial charge in [-0.2, -0.15) is 13.2 Å². The summed E-state index contributed by atoms with van der Waals surface area (Å²) in [6.07, 6.45) is -0.767. The highest BCUT2D eigenvalue weighted by atomic mass is 32.1. The SMILES string of the molecule is O=C(NC1CC1)C1CCCN(c2nc(C(F)(F)F)cs2)C1. The second kappa shape index (κ2) is 5.47. The Bertz CT molecular complexity index is 527. The van der Waals surface area contributed by atoms with Crippen LogP contribution in [0.4, 0.5) is 18.3 Å². The van der Waals surface area contributed by atoms with Crippen LogP contribution in [0.1, 0.15) is 31.4 Å². The largest absolute Gasteiger partial charge is 0.434 e. The van der Waals surface area contributed by atoms with Crippen LogP contribution in [0, 0.1) is 5.92 Å². The molecule has 0 spiro atoms. The van der Waals surface area contributed by atoms with Crippen molar-refractivity contribution in [3.05, 3.63) is 11.1 Å². The van der Waals surface area contributed by atoms with Crippen molar-refractivity contribution in [2.45, 2.75) is 37.9 Å². The lowest BCUT2D eigenvalue weighted by Crippen LogP contribution is -2.43. The van der Waals surface area contributed by atoms with Crippen LogP contribution in [0.3, 0.4) is 0 Å². The third-order valence-corrected chi connectivity index (χ3v) is 4.67. The van der Waals surface area contributed by atoms with Gasteiger partial charge in [-0.3, -0.25) is 4.79 Å². The first-order valence-electron chi connectivity index (χ1n) is 7.01. The van der Waals surface area contributed by atoms with Crippen molar-refractivity contribution >= 4 is 22.4 Å². The van der Waals surface area contributed by atoms with E-state index in [0.29, 0.717) is 24.3 Å². The van der Waals surface area contributed by atoms with Gasteiger partial charge in [0.1, 0.15) is 0 Å². The van der Waals surface area contributed by atoms with Crippen molar-refractivity contribution in [1.82, 2.24) is 10.3 Å². The Balaban J connectivity index is 1.65. The fraction of sp³-hybridized carbons (Fsp3) is 0.692. The number of thiazole rings is 1. The number of alkyl halides is 3. The van der Waals surface area contributed by atoms with Crippen molar-refractivity contribution in [3.8, 4) is 0 Å². The highest BCUT2D eigenvalue weighted by Crippen LogP contribution is 2.34. The Morgan fingerprint density at radius 3 is 2.76 bits per heavy atom. The molecule has 0 bridgehead atoms. The maximum atomic E-state index is 12.6. The Morgan fingerprint density at radius 1 is 1.38 bits per heavy atom. The summed E-state index contributed by atoms with van der Waals surface area (Å²) < 4.78 is 37.8. The molecule has 21 heavy (non-hydrogen) atoms. The van der Waals surface area contributed by atoms with Crippen molar-refractivity contribution in [1.29, 1.82) is 0 Å². The van der Waals surface area contributed by atoms with Gasteiger partial charge < -0.3 is 10.2 Å². The number of anilines is 1. The molecule has 1 aliphatic carbocycles. The molecule has 0 aromatic carbocycles. The van der Waals surface area contributed by atoms with E-state index in [2.05, 4.69) is 10.3 Å². The summed E-state index contributed by atoms with van der Waals surface area (Å²) >= 11 is 0.986. The highest BCUT2D eigenvalue weighted by Gasteiger charge is 2.35. The van der Waals surface area contributed by atoms with Gasteiger partial charge in [-0.25, -0.2) is 4.98 Å². The van der Waals surface area contributed by atoms with Gasteiger partial charge >= 0.3 is 6.18 Å². The van der Waals surface area contributed by atoms with Gasteiger partial charge in [0.05, 0.1) is 5.92 Å². The molecule has 1 saturated carbocycles. The Morgan fingerprint density at radius 2 is 2.14 bits per heavy atom. The van der Waals surface area contributed by atoms with Gasteiger partial charge in [0.25, 0.3) is 0 Å². The molecule has 1 aromatic rings. The number of rotatable bonds is 3. The average Bonchev–Trinajstić information content (AvgIpc) is 3.09. The number of aromatic nitrogens is 1. The third kappa shape index (κ3) is 3.48. The van der Waals surface area contributed by atoms with Gasteiger partial charge in [0, 0.05) is 24.5 Å². The average molecular weight is 319 g/mol. The molecular weight excluding hydrogens is 303 g/mol. The van der Waals surface area contributed by atoms with E-state index in [9.17, 15) is 18.0 Å². The molecule has 2 fully saturated rings. The summed E-state index contributed by atoms with van der Waals surface area (Å²) in [5.41, 5.74) is -0.855. The minimum atomic E-state index is -4.41. The number of nitrogens with one attached hydrogen (secondary N) is 1. The molecule has 0 radical (unpaired) electrons. The van der Waals surface area contributed by atoms with Crippen LogP contribution in [0.15, 0.2) is 5.38 Å². The number of hydrogen-bond donors (Lipinski definition) is 1. The minimum absolute atomic E-state index is 0.0230. The highest BCUT2D eigenvalue weighted by molar-refractivity contribution is 7.13. The van der Waals surface area contributed by atoms with E-state index in [4.69, 9.17) is 0 Å². The second-order valence-corrected chi connectivity index (χ2v) is 6.42. The van der Waals surface area contributed by atoms with Crippen LogP contribution in [0.2, 0.25) is 0 Å². The Kier molecular flexibility index (Phi) is 3.81. The number of hydrogen-bond acceptors (Lipinski definition) is 4. The quantitative estimate of drug-likeness (QED) is 0.931. The molecule has 1 amide bonds. The smallest absolute Gasteiger partial charge is 0.353 e. The van der Waals surface area contributed by atoms with Crippen molar-refractivity contribution in [3.63, 3.8) is 0 Å². The normalized spacial score (nSPS) is 23.2. The summed E-state index contributed by atoms with van der Waals surface area (Å²) in [5.74, 6) is -0.132. The predicted octanol–water partition coefficient (Wildman–Crippen LogP) is 2.66. The molecule has 1 saturated heterocycles. The molecule has 2 aliphatic rings. The van der Waals surface area contributed by atoms with Gasteiger partial charge in [0.2, 0.25) is 5.91 Å². The molecule has 116 valence electrons. The second-order valence-electron chi connectivity index (χ2n) is 5.58. The minimum Gasteiger partial charge on any atom is -0.353 e. The molecule has 4 nitrogen and oxygen atoms in total.